The maximum Gasteiger partial charge on any atom is 0.247 e. The van der Waals surface area contributed by atoms with Crippen molar-refractivity contribution in [2.75, 3.05) is 25.0 Å². The fraction of sp³-hybridized carbons (Fsp3) is 0.625. The van der Waals surface area contributed by atoms with Gasteiger partial charge < -0.3 is 15.1 Å². The van der Waals surface area contributed by atoms with Gasteiger partial charge in [0, 0.05) is 38.9 Å². The Labute approximate surface area is 126 Å². The Morgan fingerprint density at radius 3 is 2.71 bits per heavy atom. The van der Waals surface area contributed by atoms with E-state index in [1.54, 1.807) is 4.90 Å². The minimum atomic E-state index is -0.534. The Bertz CT molecular complexity index is 522. The number of aromatic nitrogens is 1. The first-order valence-electron chi connectivity index (χ1n) is 7.70. The summed E-state index contributed by atoms with van der Waals surface area (Å²) in [5.41, 5.74) is 0.664. The number of nitrogens with zero attached hydrogens (tertiary/aromatic N) is 3. The van der Waals surface area contributed by atoms with E-state index in [1.165, 1.54) is 18.4 Å². The number of hydrogen-bond donors (Lipinski definition) is 1. The minimum Gasteiger partial charge on any atom is -0.342 e. The fourth-order valence-corrected chi connectivity index (χ4v) is 2.85. The van der Waals surface area contributed by atoms with Crippen molar-refractivity contribution >= 4 is 11.7 Å². The van der Waals surface area contributed by atoms with Crippen LogP contribution in [0.1, 0.15) is 32.3 Å². The lowest BCUT2D eigenvalue weighted by Crippen LogP contribution is -2.62. The van der Waals surface area contributed by atoms with Crippen molar-refractivity contribution in [2.24, 2.45) is 0 Å². The highest BCUT2D eigenvalue weighted by molar-refractivity contribution is 5.90. The van der Waals surface area contributed by atoms with Crippen LogP contribution in [0.3, 0.4) is 0 Å². The molecule has 0 aromatic carbocycles. The SMILES string of the molecule is CN1CCN(c2ccc(CNC3CC3)cn2)C(C)(C)C1=O. The molecule has 5 heteroatoms. The molecule has 0 atom stereocenters. The van der Waals surface area contributed by atoms with E-state index in [1.807, 2.05) is 33.2 Å². The summed E-state index contributed by atoms with van der Waals surface area (Å²) in [5, 5.41) is 3.49. The Morgan fingerprint density at radius 1 is 1.33 bits per heavy atom. The number of nitrogens with one attached hydrogen (secondary N) is 1. The van der Waals surface area contributed by atoms with E-state index in [0.29, 0.717) is 6.04 Å². The highest BCUT2D eigenvalue weighted by Gasteiger charge is 2.41. The molecule has 0 unspecified atom stereocenters. The predicted molar refractivity (Wildman–Crippen MR) is 83.2 cm³/mol. The molecule has 1 aliphatic heterocycles. The van der Waals surface area contributed by atoms with Gasteiger partial charge in [-0.15, -0.1) is 0 Å². The largest absolute Gasteiger partial charge is 0.342 e. The second kappa shape index (κ2) is 5.30. The predicted octanol–water partition coefficient (Wildman–Crippen LogP) is 1.39. The van der Waals surface area contributed by atoms with Crippen molar-refractivity contribution in [3.05, 3.63) is 23.9 Å². The highest BCUT2D eigenvalue weighted by Crippen LogP contribution is 2.27. The maximum absolute atomic E-state index is 12.3. The van der Waals surface area contributed by atoms with Gasteiger partial charge in [-0.3, -0.25) is 4.79 Å². The second-order valence-corrected chi connectivity index (χ2v) is 6.62. The molecule has 2 heterocycles. The van der Waals surface area contributed by atoms with Crippen molar-refractivity contribution in [1.82, 2.24) is 15.2 Å². The summed E-state index contributed by atoms with van der Waals surface area (Å²) in [5.74, 6) is 1.03. The lowest BCUT2D eigenvalue weighted by atomic mass is 9.98. The van der Waals surface area contributed by atoms with E-state index in [-0.39, 0.29) is 5.91 Å². The van der Waals surface area contributed by atoms with Crippen LogP contribution in [0.5, 0.6) is 0 Å². The van der Waals surface area contributed by atoms with Crippen LogP contribution in [0.25, 0.3) is 0 Å². The molecule has 2 fully saturated rings. The third-order valence-electron chi connectivity index (χ3n) is 4.46. The molecule has 1 saturated heterocycles. The Kier molecular flexibility index (Phi) is 3.61. The molecule has 1 aliphatic carbocycles. The topological polar surface area (TPSA) is 48.5 Å². The maximum atomic E-state index is 12.3. The van der Waals surface area contributed by atoms with E-state index in [0.717, 1.165) is 25.5 Å². The lowest BCUT2D eigenvalue weighted by Gasteiger charge is -2.45. The van der Waals surface area contributed by atoms with E-state index in [2.05, 4.69) is 21.3 Å². The van der Waals surface area contributed by atoms with Crippen LogP contribution in [0.15, 0.2) is 18.3 Å². The first kappa shape index (κ1) is 14.3. The van der Waals surface area contributed by atoms with E-state index >= 15 is 0 Å². The Hall–Kier alpha value is -1.62. The third kappa shape index (κ3) is 2.88. The minimum absolute atomic E-state index is 0.148. The van der Waals surface area contributed by atoms with Gasteiger partial charge in [-0.25, -0.2) is 4.98 Å². The number of piperazine rings is 1. The summed E-state index contributed by atoms with van der Waals surface area (Å²) < 4.78 is 0. The zero-order chi connectivity index (χ0) is 15.0. The van der Waals surface area contributed by atoms with Crippen molar-refractivity contribution in [2.45, 2.75) is 44.8 Å². The number of carbonyl (C=O) groups is 1. The third-order valence-corrected chi connectivity index (χ3v) is 4.46. The zero-order valence-corrected chi connectivity index (χ0v) is 13.1. The number of pyridine rings is 1. The monoisotopic (exact) mass is 288 g/mol. The molecule has 1 N–H and O–H groups in total. The lowest BCUT2D eigenvalue weighted by molar-refractivity contribution is -0.136. The molecule has 114 valence electrons. The Balaban J connectivity index is 1.71. The molecule has 2 aliphatic rings. The van der Waals surface area contributed by atoms with E-state index in [4.69, 9.17) is 0 Å². The van der Waals surface area contributed by atoms with Crippen LogP contribution >= 0.6 is 0 Å². The summed E-state index contributed by atoms with van der Waals surface area (Å²) in [4.78, 5) is 20.8. The Morgan fingerprint density at radius 2 is 2.10 bits per heavy atom. The van der Waals surface area contributed by atoms with Crippen molar-refractivity contribution < 1.29 is 4.79 Å². The van der Waals surface area contributed by atoms with E-state index < -0.39 is 5.54 Å². The van der Waals surface area contributed by atoms with Gasteiger partial charge in [0.1, 0.15) is 11.4 Å². The summed E-state index contributed by atoms with van der Waals surface area (Å²) in [6.45, 7) is 6.38. The molecule has 0 radical (unpaired) electrons. The number of carbonyl (C=O) groups excluding carboxylic acids is 1. The van der Waals surface area contributed by atoms with Crippen LogP contribution in [0.2, 0.25) is 0 Å². The highest BCUT2D eigenvalue weighted by atomic mass is 16.2. The van der Waals surface area contributed by atoms with Gasteiger partial charge in [0.25, 0.3) is 0 Å². The van der Waals surface area contributed by atoms with Gasteiger partial charge in [0.15, 0.2) is 0 Å². The normalized spacial score (nSPS) is 21.8. The summed E-state index contributed by atoms with van der Waals surface area (Å²) >= 11 is 0. The van der Waals surface area contributed by atoms with Gasteiger partial charge in [0.2, 0.25) is 5.91 Å². The quantitative estimate of drug-likeness (QED) is 0.909. The molecular formula is C16H24N4O. The molecule has 21 heavy (non-hydrogen) atoms. The van der Waals surface area contributed by atoms with Crippen molar-refractivity contribution in [3.63, 3.8) is 0 Å². The summed E-state index contributed by atoms with van der Waals surface area (Å²) in [6.07, 6.45) is 4.51. The number of anilines is 1. The average Bonchev–Trinajstić information content (AvgIpc) is 3.28. The van der Waals surface area contributed by atoms with Crippen molar-refractivity contribution in [1.29, 1.82) is 0 Å². The van der Waals surface area contributed by atoms with Crippen LogP contribution in [0.4, 0.5) is 5.82 Å². The molecule has 1 aromatic heterocycles. The number of hydrogen-bond acceptors (Lipinski definition) is 4. The molecule has 1 aromatic rings. The molecule has 3 rings (SSSR count). The van der Waals surface area contributed by atoms with Gasteiger partial charge in [-0.1, -0.05) is 6.07 Å². The van der Waals surface area contributed by atoms with Crippen LogP contribution < -0.4 is 10.2 Å². The molecule has 0 bridgehead atoms. The molecule has 1 amide bonds. The number of rotatable bonds is 4. The summed E-state index contributed by atoms with van der Waals surface area (Å²) in [7, 11) is 1.86. The molecular weight excluding hydrogens is 264 g/mol. The van der Waals surface area contributed by atoms with Crippen molar-refractivity contribution in [3.8, 4) is 0 Å². The van der Waals surface area contributed by atoms with Crippen LogP contribution in [-0.4, -0.2) is 47.5 Å². The van der Waals surface area contributed by atoms with E-state index in [9.17, 15) is 4.79 Å². The number of likely N-dealkylation sites (N-methyl/N-ethyl adjacent to an activating group) is 1. The van der Waals surface area contributed by atoms with Gasteiger partial charge in [-0.2, -0.15) is 0 Å². The fourth-order valence-electron chi connectivity index (χ4n) is 2.85. The number of amides is 1. The molecule has 5 nitrogen and oxygen atoms in total. The zero-order valence-electron chi connectivity index (χ0n) is 13.1. The van der Waals surface area contributed by atoms with Crippen LogP contribution in [0, 0.1) is 0 Å². The van der Waals surface area contributed by atoms with Crippen LogP contribution in [-0.2, 0) is 11.3 Å². The second-order valence-electron chi connectivity index (χ2n) is 6.62. The van der Waals surface area contributed by atoms with Gasteiger partial charge in [-0.05, 0) is 38.3 Å². The first-order valence-corrected chi connectivity index (χ1v) is 7.70. The first-order chi connectivity index (χ1) is 9.98. The standard InChI is InChI=1S/C16H24N4O/c1-16(2)15(21)19(3)8-9-20(16)14-7-4-12(11-18-14)10-17-13-5-6-13/h4,7,11,13,17H,5-6,8-10H2,1-3H3. The molecule has 1 saturated carbocycles. The smallest absolute Gasteiger partial charge is 0.247 e. The average molecular weight is 288 g/mol. The van der Waals surface area contributed by atoms with Gasteiger partial charge in [0.05, 0.1) is 0 Å². The summed E-state index contributed by atoms with van der Waals surface area (Å²) in [6, 6.07) is 4.85. The molecule has 0 spiro atoms. The van der Waals surface area contributed by atoms with Gasteiger partial charge >= 0.3 is 0 Å².